The summed E-state index contributed by atoms with van der Waals surface area (Å²) >= 11 is 1.74. The van der Waals surface area contributed by atoms with E-state index in [9.17, 15) is 0 Å². The van der Waals surface area contributed by atoms with Gasteiger partial charge in [-0.25, -0.2) is 9.98 Å². The number of hydrogen-bond acceptors (Lipinski definition) is 4. The number of aromatic nitrogens is 1. The topological polar surface area (TPSA) is 58.5 Å². The lowest BCUT2D eigenvalue weighted by Crippen LogP contribution is -2.36. The molecule has 2 rings (SSSR count). The van der Waals surface area contributed by atoms with Crippen LogP contribution in [0.25, 0.3) is 0 Å². The average molecular weight is 488 g/mol. The number of halogens is 1. The minimum atomic E-state index is 0. The van der Waals surface area contributed by atoms with Crippen molar-refractivity contribution in [2.45, 2.75) is 47.2 Å². The van der Waals surface area contributed by atoms with Crippen LogP contribution in [0.15, 0.2) is 29.4 Å². The maximum atomic E-state index is 5.74. The van der Waals surface area contributed by atoms with E-state index in [4.69, 9.17) is 4.74 Å². The number of aliphatic imine (C=N–C) groups is 1. The van der Waals surface area contributed by atoms with Crippen molar-refractivity contribution in [3.63, 3.8) is 0 Å². The van der Waals surface area contributed by atoms with Crippen LogP contribution in [0.4, 0.5) is 0 Å². The molecule has 0 amide bonds. The van der Waals surface area contributed by atoms with Crippen LogP contribution in [0.5, 0.6) is 5.75 Å². The van der Waals surface area contributed by atoms with Gasteiger partial charge in [0.2, 0.25) is 0 Å². The first kappa shape index (κ1) is 22.7. The van der Waals surface area contributed by atoms with Crippen molar-refractivity contribution in [1.82, 2.24) is 15.6 Å². The zero-order chi connectivity index (χ0) is 18.1. The number of guanidine groups is 1. The van der Waals surface area contributed by atoms with Crippen LogP contribution in [0, 0.1) is 6.92 Å². The molecule has 144 valence electrons. The van der Waals surface area contributed by atoms with E-state index < -0.39 is 0 Å². The van der Waals surface area contributed by atoms with Crippen LogP contribution in [-0.2, 0) is 19.5 Å². The maximum Gasteiger partial charge on any atom is 0.191 e. The molecule has 0 atom stereocenters. The Kier molecular flexibility index (Phi) is 10.6. The predicted octanol–water partition coefficient (Wildman–Crippen LogP) is 4.29. The quantitative estimate of drug-likeness (QED) is 0.331. The first-order chi connectivity index (χ1) is 12.2. The van der Waals surface area contributed by atoms with E-state index in [0.717, 1.165) is 35.2 Å². The third-order valence-corrected chi connectivity index (χ3v) is 4.77. The molecule has 0 radical (unpaired) electrons. The number of hydrogen-bond donors (Lipinski definition) is 2. The molecule has 2 N–H and O–H groups in total. The van der Waals surface area contributed by atoms with E-state index in [2.05, 4.69) is 59.6 Å². The van der Waals surface area contributed by atoms with E-state index >= 15 is 0 Å². The summed E-state index contributed by atoms with van der Waals surface area (Å²) in [6.45, 7) is 11.0. The molecule has 0 aliphatic heterocycles. The van der Waals surface area contributed by atoms with E-state index in [1.807, 2.05) is 13.1 Å². The van der Waals surface area contributed by atoms with Gasteiger partial charge in [0.25, 0.3) is 0 Å². The molecular formula is C19H29IN4OS. The highest BCUT2D eigenvalue weighted by Gasteiger charge is 2.06. The van der Waals surface area contributed by atoms with Gasteiger partial charge in [-0.2, -0.15) is 0 Å². The van der Waals surface area contributed by atoms with Crippen molar-refractivity contribution >= 4 is 41.3 Å². The van der Waals surface area contributed by atoms with Gasteiger partial charge in [-0.3, -0.25) is 0 Å². The van der Waals surface area contributed by atoms with Crippen molar-refractivity contribution in [2.75, 3.05) is 13.2 Å². The standard InChI is InChI=1S/C19H28N4OS.HI/c1-5-16-12-21-18(25-16)13-23-19(20-6-2)22-11-15-9-8-14(4)10-17(15)24-7-3;/h8-10,12H,5-7,11,13H2,1-4H3,(H2,20,22,23);1H. The van der Waals surface area contributed by atoms with Crippen molar-refractivity contribution in [3.8, 4) is 5.75 Å². The number of rotatable bonds is 8. The Morgan fingerprint density at radius 2 is 2.04 bits per heavy atom. The molecule has 0 fully saturated rings. The second kappa shape index (κ2) is 12.1. The van der Waals surface area contributed by atoms with Gasteiger partial charge in [-0.1, -0.05) is 19.1 Å². The molecular weight excluding hydrogens is 459 g/mol. The second-order valence-electron chi connectivity index (χ2n) is 5.67. The lowest BCUT2D eigenvalue weighted by Gasteiger charge is -2.12. The summed E-state index contributed by atoms with van der Waals surface area (Å²) in [6.07, 6.45) is 2.98. The second-order valence-corrected chi connectivity index (χ2v) is 6.87. The van der Waals surface area contributed by atoms with Gasteiger partial charge in [0.15, 0.2) is 5.96 Å². The summed E-state index contributed by atoms with van der Waals surface area (Å²) in [6, 6.07) is 6.24. The Balaban J connectivity index is 0.00000338. The molecule has 5 nitrogen and oxygen atoms in total. The van der Waals surface area contributed by atoms with Crippen LogP contribution in [0.3, 0.4) is 0 Å². The molecule has 26 heavy (non-hydrogen) atoms. The third-order valence-electron chi connectivity index (χ3n) is 3.63. The smallest absolute Gasteiger partial charge is 0.191 e. The lowest BCUT2D eigenvalue weighted by atomic mass is 10.1. The zero-order valence-electron chi connectivity index (χ0n) is 16.0. The number of thiazole rings is 1. The van der Waals surface area contributed by atoms with Crippen molar-refractivity contribution in [1.29, 1.82) is 0 Å². The number of aryl methyl sites for hydroxylation is 2. The molecule has 1 aromatic carbocycles. The summed E-state index contributed by atoms with van der Waals surface area (Å²) in [5.41, 5.74) is 2.28. The molecule has 0 saturated carbocycles. The summed E-state index contributed by atoms with van der Waals surface area (Å²) in [4.78, 5) is 10.4. The minimum absolute atomic E-state index is 0. The van der Waals surface area contributed by atoms with Crippen molar-refractivity contribution in [3.05, 3.63) is 45.4 Å². The fraction of sp³-hybridized carbons (Fsp3) is 0.474. The third kappa shape index (κ3) is 7.11. The minimum Gasteiger partial charge on any atom is -0.494 e. The summed E-state index contributed by atoms with van der Waals surface area (Å²) < 4.78 is 5.74. The number of benzene rings is 1. The average Bonchev–Trinajstić information content (AvgIpc) is 3.07. The Morgan fingerprint density at radius 3 is 2.69 bits per heavy atom. The fourth-order valence-corrected chi connectivity index (χ4v) is 3.14. The lowest BCUT2D eigenvalue weighted by molar-refractivity contribution is 0.336. The molecule has 0 aliphatic rings. The van der Waals surface area contributed by atoms with E-state index in [0.29, 0.717) is 19.7 Å². The highest BCUT2D eigenvalue weighted by atomic mass is 127. The predicted molar refractivity (Wildman–Crippen MR) is 121 cm³/mol. The first-order valence-electron chi connectivity index (χ1n) is 8.84. The van der Waals surface area contributed by atoms with E-state index in [1.165, 1.54) is 10.4 Å². The van der Waals surface area contributed by atoms with Gasteiger partial charge in [0.1, 0.15) is 10.8 Å². The molecule has 1 aromatic heterocycles. The summed E-state index contributed by atoms with van der Waals surface area (Å²) in [5, 5.41) is 7.71. The monoisotopic (exact) mass is 488 g/mol. The number of nitrogens with zero attached hydrogens (tertiary/aromatic N) is 2. The van der Waals surface area contributed by atoms with Crippen LogP contribution in [-0.4, -0.2) is 24.1 Å². The van der Waals surface area contributed by atoms with E-state index in [1.54, 1.807) is 11.3 Å². The molecule has 0 spiro atoms. The highest BCUT2D eigenvalue weighted by molar-refractivity contribution is 14.0. The largest absolute Gasteiger partial charge is 0.494 e. The molecule has 2 aromatic rings. The van der Waals surface area contributed by atoms with E-state index in [-0.39, 0.29) is 24.0 Å². The maximum absolute atomic E-state index is 5.74. The van der Waals surface area contributed by atoms with Gasteiger partial charge >= 0.3 is 0 Å². The van der Waals surface area contributed by atoms with Gasteiger partial charge in [-0.15, -0.1) is 35.3 Å². The SMILES string of the molecule is CCNC(=NCc1ccc(C)cc1OCC)NCc1ncc(CC)s1.I. The normalized spacial score (nSPS) is 11.0. The fourth-order valence-electron chi connectivity index (χ4n) is 2.34. The molecule has 1 heterocycles. The van der Waals surface area contributed by atoms with Gasteiger partial charge in [0.05, 0.1) is 19.7 Å². The molecule has 7 heteroatoms. The summed E-state index contributed by atoms with van der Waals surface area (Å²) in [5.74, 6) is 1.70. The van der Waals surface area contributed by atoms with Crippen LogP contribution in [0.2, 0.25) is 0 Å². The number of ether oxygens (including phenoxy) is 1. The van der Waals surface area contributed by atoms with Crippen LogP contribution in [0.1, 0.15) is 41.8 Å². The Morgan fingerprint density at radius 1 is 1.23 bits per heavy atom. The van der Waals surface area contributed by atoms with Crippen LogP contribution < -0.4 is 15.4 Å². The van der Waals surface area contributed by atoms with Crippen molar-refractivity contribution in [2.24, 2.45) is 4.99 Å². The molecule has 0 unspecified atom stereocenters. The molecule has 0 saturated heterocycles. The highest BCUT2D eigenvalue weighted by Crippen LogP contribution is 2.21. The molecule has 0 aliphatic carbocycles. The number of nitrogens with one attached hydrogen (secondary N) is 2. The molecule has 0 bridgehead atoms. The first-order valence-corrected chi connectivity index (χ1v) is 9.65. The Hall–Kier alpha value is -1.35. The summed E-state index contributed by atoms with van der Waals surface area (Å²) in [7, 11) is 0. The van der Waals surface area contributed by atoms with Gasteiger partial charge < -0.3 is 15.4 Å². The Bertz CT molecular complexity index is 703. The van der Waals surface area contributed by atoms with Gasteiger partial charge in [-0.05, 0) is 38.8 Å². The zero-order valence-corrected chi connectivity index (χ0v) is 19.1. The van der Waals surface area contributed by atoms with Gasteiger partial charge in [0, 0.05) is 23.2 Å². The van der Waals surface area contributed by atoms with Crippen LogP contribution >= 0.6 is 35.3 Å². The van der Waals surface area contributed by atoms with Crippen molar-refractivity contribution < 1.29 is 4.74 Å². The Labute approximate surface area is 177 Å².